The molecule has 0 radical (unpaired) electrons. The number of nitro groups is 1. The van der Waals surface area contributed by atoms with Crippen molar-refractivity contribution in [3.05, 3.63) is 33.9 Å². The molecule has 0 unspecified atom stereocenters. The van der Waals surface area contributed by atoms with E-state index >= 15 is 0 Å². The van der Waals surface area contributed by atoms with Crippen molar-refractivity contribution in [3.63, 3.8) is 0 Å². The third-order valence-corrected chi connectivity index (χ3v) is 3.27. The number of non-ortho nitro benzene ring substituents is 1. The van der Waals surface area contributed by atoms with Crippen LogP contribution in [0, 0.1) is 10.1 Å². The number of nitrogens with zero attached hydrogens (tertiary/aromatic N) is 1. The number of hydrogen-bond acceptors (Lipinski definition) is 4. The lowest BCUT2D eigenvalue weighted by Crippen LogP contribution is -2.35. The van der Waals surface area contributed by atoms with E-state index in [2.05, 4.69) is 39.9 Å². The normalized spacial score (nSPS) is 11.7. The van der Waals surface area contributed by atoms with Gasteiger partial charge in [0.15, 0.2) is 0 Å². The molecule has 21 heavy (non-hydrogen) atoms. The highest BCUT2D eigenvalue weighted by molar-refractivity contribution is 5.44. The molecule has 0 spiro atoms. The Morgan fingerprint density at radius 2 is 1.90 bits per heavy atom. The van der Waals surface area contributed by atoms with Crippen LogP contribution in [-0.4, -0.2) is 16.6 Å². The predicted octanol–water partition coefficient (Wildman–Crippen LogP) is 4.05. The third-order valence-electron chi connectivity index (χ3n) is 3.27. The fourth-order valence-corrected chi connectivity index (χ4v) is 1.93. The molecule has 0 amide bonds. The van der Waals surface area contributed by atoms with Crippen molar-refractivity contribution in [2.75, 3.05) is 0 Å². The van der Waals surface area contributed by atoms with Gasteiger partial charge in [0.25, 0.3) is 5.69 Å². The number of ether oxygens (including phenoxy) is 1. The smallest absolute Gasteiger partial charge is 0.270 e. The summed E-state index contributed by atoms with van der Waals surface area (Å²) in [4.78, 5) is 10.6. The Hall–Kier alpha value is -1.62. The van der Waals surface area contributed by atoms with Gasteiger partial charge in [0, 0.05) is 29.8 Å². The summed E-state index contributed by atoms with van der Waals surface area (Å²) in [7, 11) is 0. The molecule has 0 aliphatic carbocycles. The van der Waals surface area contributed by atoms with E-state index in [1.165, 1.54) is 6.07 Å². The van der Waals surface area contributed by atoms with E-state index in [0.29, 0.717) is 6.54 Å². The number of hydrogen-bond donors (Lipinski definition) is 1. The van der Waals surface area contributed by atoms with E-state index in [9.17, 15) is 10.1 Å². The van der Waals surface area contributed by atoms with Crippen LogP contribution in [0.5, 0.6) is 5.75 Å². The first-order valence-corrected chi connectivity index (χ1v) is 7.45. The monoisotopic (exact) mass is 294 g/mol. The Balaban J connectivity index is 3.01. The lowest BCUT2D eigenvalue weighted by atomic mass is 10.1. The van der Waals surface area contributed by atoms with Gasteiger partial charge in [-0.2, -0.15) is 0 Å². The van der Waals surface area contributed by atoms with Crippen LogP contribution in [0.2, 0.25) is 0 Å². The maximum atomic E-state index is 10.9. The van der Waals surface area contributed by atoms with Gasteiger partial charge in [0.2, 0.25) is 0 Å². The van der Waals surface area contributed by atoms with E-state index < -0.39 is 0 Å². The van der Waals surface area contributed by atoms with Gasteiger partial charge in [0.05, 0.1) is 11.0 Å². The molecule has 1 rings (SSSR count). The molecule has 1 N–H and O–H groups in total. The number of nitrogens with one attached hydrogen (secondary N) is 1. The summed E-state index contributed by atoms with van der Waals surface area (Å²) in [6, 6.07) is 4.80. The zero-order valence-electron chi connectivity index (χ0n) is 13.6. The third kappa shape index (κ3) is 5.71. The predicted molar refractivity (Wildman–Crippen MR) is 84.7 cm³/mol. The lowest BCUT2D eigenvalue weighted by molar-refractivity contribution is -0.384. The van der Waals surface area contributed by atoms with Crippen molar-refractivity contribution >= 4 is 5.69 Å². The molecule has 1 aromatic carbocycles. The second kappa shape index (κ2) is 7.41. The van der Waals surface area contributed by atoms with Gasteiger partial charge >= 0.3 is 0 Å². The van der Waals surface area contributed by atoms with E-state index in [-0.39, 0.29) is 22.3 Å². The zero-order chi connectivity index (χ0) is 16.0. The minimum Gasteiger partial charge on any atom is -0.490 e. The van der Waals surface area contributed by atoms with E-state index in [1.54, 1.807) is 12.1 Å². The Labute approximate surface area is 126 Å². The zero-order valence-corrected chi connectivity index (χ0v) is 13.6. The van der Waals surface area contributed by atoms with Crippen molar-refractivity contribution in [1.29, 1.82) is 0 Å². The Morgan fingerprint density at radius 3 is 2.38 bits per heavy atom. The first-order chi connectivity index (χ1) is 9.76. The molecular weight excluding hydrogens is 268 g/mol. The van der Waals surface area contributed by atoms with E-state index in [4.69, 9.17) is 4.74 Å². The highest BCUT2D eigenvalue weighted by atomic mass is 16.6. The lowest BCUT2D eigenvalue weighted by Gasteiger charge is -2.23. The molecule has 0 aliphatic rings. The van der Waals surface area contributed by atoms with E-state index in [1.807, 2.05) is 0 Å². The molecule has 1 aromatic rings. The molecule has 5 heteroatoms. The largest absolute Gasteiger partial charge is 0.490 e. The van der Waals surface area contributed by atoms with Crippen molar-refractivity contribution < 1.29 is 9.66 Å². The Kier molecular flexibility index (Phi) is 6.15. The molecule has 0 aromatic heterocycles. The standard InChI is InChI=1S/C16H26N2O3/c1-6-14(7-2)21-15-9-8-13(18(19)20)10-12(15)11-17-16(3,4)5/h8-10,14,17H,6-7,11H2,1-5H3. The van der Waals surface area contributed by atoms with Gasteiger partial charge in [-0.15, -0.1) is 0 Å². The van der Waals surface area contributed by atoms with Crippen molar-refractivity contribution in [3.8, 4) is 5.75 Å². The van der Waals surface area contributed by atoms with Crippen LogP contribution in [0.3, 0.4) is 0 Å². The molecule has 0 saturated carbocycles. The summed E-state index contributed by atoms with van der Waals surface area (Å²) in [6.07, 6.45) is 1.97. The Bertz CT molecular complexity index is 477. The maximum Gasteiger partial charge on any atom is 0.270 e. The summed E-state index contributed by atoms with van der Waals surface area (Å²) in [5, 5.41) is 14.3. The minimum atomic E-state index is -0.374. The summed E-state index contributed by atoms with van der Waals surface area (Å²) < 4.78 is 5.98. The van der Waals surface area contributed by atoms with Gasteiger partial charge in [-0.1, -0.05) is 13.8 Å². The summed E-state index contributed by atoms with van der Waals surface area (Å²) in [6.45, 7) is 10.9. The van der Waals surface area contributed by atoms with Crippen molar-refractivity contribution in [1.82, 2.24) is 5.32 Å². The van der Waals surface area contributed by atoms with Crippen molar-refractivity contribution in [2.45, 2.75) is 65.6 Å². The first-order valence-electron chi connectivity index (χ1n) is 7.45. The molecule has 0 heterocycles. The minimum absolute atomic E-state index is 0.0587. The van der Waals surface area contributed by atoms with Gasteiger partial charge in [0.1, 0.15) is 5.75 Å². The van der Waals surface area contributed by atoms with Crippen LogP contribution in [-0.2, 0) is 6.54 Å². The molecule has 0 atom stereocenters. The molecule has 0 fully saturated rings. The Morgan fingerprint density at radius 1 is 1.29 bits per heavy atom. The topological polar surface area (TPSA) is 64.4 Å². The van der Waals surface area contributed by atoms with Gasteiger partial charge in [-0.05, 0) is 39.7 Å². The summed E-state index contributed by atoms with van der Waals surface area (Å²) in [5.74, 6) is 0.728. The highest BCUT2D eigenvalue weighted by Crippen LogP contribution is 2.26. The van der Waals surface area contributed by atoms with E-state index in [0.717, 1.165) is 24.2 Å². The fourth-order valence-electron chi connectivity index (χ4n) is 1.93. The molecule has 5 nitrogen and oxygen atoms in total. The molecule has 118 valence electrons. The molecule has 0 bridgehead atoms. The van der Waals surface area contributed by atoms with Crippen LogP contribution < -0.4 is 10.1 Å². The van der Waals surface area contributed by atoms with Gasteiger partial charge in [-0.25, -0.2) is 0 Å². The quantitative estimate of drug-likeness (QED) is 0.608. The number of nitro benzene ring substituents is 1. The van der Waals surface area contributed by atoms with Gasteiger partial charge < -0.3 is 10.1 Å². The van der Waals surface area contributed by atoms with Gasteiger partial charge in [-0.3, -0.25) is 10.1 Å². The van der Waals surface area contributed by atoms with Crippen LogP contribution in [0.25, 0.3) is 0 Å². The first kappa shape index (κ1) is 17.4. The summed E-state index contributed by atoms with van der Waals surface area (Å²) in [5.41, 5.74) is 0.861. The highest BCUT2D eigenvalue weighted by Gasteiger charge is 2.16. The molecule has 0 aliphatic heterocycles. The van der Waals surface area contributed by atoms with Crippen molar-refractivity contribution in [2.24, 2.45) is 0 Å². The van der Waals surface area contributed by atoms with Crippen LogP contribution in [0.15, 0.2) is 18.2 Å². The maximum absolute atomic E-state index is 10.9. The second-order valence-electron chi connectivity index (χ2n) is 6.21. The second-order valence-corrected chi connectivity index (χ2v) is 6.21. The van der Waals surface area contributed by atoms with Crippen LogP contribution in [0.4, 0.5) is 5.69 Å². The average molecular weight is 294 g/mol. The fraction of sp³-hybridized carbons (Fsp3) is 0.625. The number of benzene rings is 1. The summed E-state index contributed by atoms with van der Waals surface area (Å²) >= 11 is 0. The SMILES string of the molecule is CCC(CC)Oc1ccc([N+](=O)[O-])cc1CNC(C)(C)C. The molecule has 0 saturated heterocycles. The number of rotatable bonds is 7. The van der Waals surface area contributed by atoms with Crippen LogP contribution in [0.1, 0.15) is 53.0 Å². The average Bonchev–Trinajstić information content (AvgIpc) is 2.42. The van der Waals surface area contributed by atoms with Crippen LogP contribution >= 0.6 is 0 Å². The molecular formula is C16H26N2O3.